The predicted molar refractivity (Wildman–Crippen MR) is 83.3 cm³/mol. The summed E-state index contributed by atoms with van der Waals surface area (Å²) in [6.07, 6.45) is 7.94. The Morgan fingerprint density at radius 1 is 1.30 bits per heavy atom. The first kappa shape index (κ1) is 15.5. The third-order valence-corrected chi connectivity index (χ3v) is 4.60. The lowest BCUT2D eigenvalue weighted by Crippen LogP contribution is -2.17. The van der Waals surface area contributed by atoms with E-state index in [1.807, 2.05) is 0 Å². The van der Waals surface area contributed by atoms with Crippen LogP contribution in [0.1, 0.15) is 50.5 Å². The van der Waals surface area contributed by atoms with Gasteiger partial charge in [0.2, 0.25) is 5.91 Å². The second kappa shape index (κ2) is 7.21. The van der Waals surface area contributed by atoms with Crippen molar-refractivity contribution >= 4 is 27.5 Å². The van der Waals surface area contributed by atoms with Crippen molar-refractivity contribution in [1.29, 1.82) is 0 Å². The van der Waals surface area contributed by atoms with Gasteiger partial charge in [0.05, 0.1) is 4.47 Å². The lowest BCUT2D eigenvalue weighted by Gasteiger charge is -2.15. The van der Waals surface area contributed by atoms with Crippen molar-refractivity contribution in [3.05, 3.63) is 28.0 Å². The zero-order chi connectivity index (χ0) is 14.5. The molecule has 0 spiro atoms. The normalized spacial score (nSPS) is 16.8. The van der Waals surface area contributed by atoms with Crippen LogP contribution in [0.4, 0.5) is 10.1 Å². The Morgan fingerprint density at radius 3 is 2.60 bits per heavy atom. The lowest BCUT2D eigenvalue weighted by atomic mass is 9.96. The number of aryl methyl sites for hydroxylation is 1. The molecule has 1 aromatic carbocycles. The van der Waals surface area contributed by atoms with Crippen molar-refractivity contribution in [2.24, 2.45) is 5.92 Å². The van der Waals surface area contributed by atoms with E-state index >= 15 is 0 Å². The molecule has 0 unspecified atom stereocenters. The second-order valence-electron chi connectivity index (χ2n) is 5.69. The van der Waals surface area contributed by atoms with Gasteiger partial charge in [-0.25, -0.2) is 4.39 Å². The van der Waals surface area contributed by atoms with Gasteiger partial charge in [0.25, 0.3) is 0 Å². The molecule has 2 nitrogen and oxygen atoms in total. The molecule has 0 aliphatic heterocycles. The van der Waals surface area contributed by atoms with Gasteiger partial charge in [-0.05, 0) is 59.3 Å². The fourth-order valence-corrected chi connectivity index (χ4v) is 3.16. The standard InChI is InChI=1S/C16H21BrFNO/c1-11-8-14(18)13(17)10-15(11)19-16(20)9-12-6-4-2-3-5-7-12/h8,10,12H,2-7,9H2,1H3,(H,19,20). The summed E-state index contributed by atoms with van der Waals surface area (Å²) in [5.41, 5.74) is 1.44. The SMILES string of the molecule is Cc1cc(F)c(Br)cc1NC(=O)CC1CCCCCC1. The molecule has 1 aliphatic carbocycles. The lowest BCUT2D eigenvalue weighted by molar-refractivity contribution is -0.117. The number of carbonyl (C=O) groups excluding carboxylic acids is 1. The highest BCUT2D eigenvalue weighted by molar-refractivity contribution is 9.10. The molecule has 0 bridgehead atoms. The number of halogens is 2. The van der Waals surface area contributed by atoms with Gasteiger partial charge in [-0.3, -0.25) is 4.79 Å². The van der Waals surface area contributed by atoms with Gasteiger partial charge in [-0.1, -0.05) is 25.7 Å². The fourth-order valence-electron chi connectivity index (χ4n) is 2.81. The molecule has 4 heteroatoms. The van der Waals surface area contributed by atoms with Crippen molar-refractivity contribution in [1.82, 2.24) is 0 Å². The Kier molecular flexibility index (Phi) is 5.58. The van der Waals surface area contributed by atoms with Crippen LogP contribution in [-0.4, -0.2) is 5.91 Å². The first-order chi connectivity index (χ1) is 9.56. The van der Waals surface area contributed by atoms with Gasteiger partial charge in [-0.2, -0.15) is 0 Å². The van der Waals surface area contributed by atoms with Gasteiger partial charge >= 0.3 is 0 Å². The number of nitrogens with one attached hydrogen (secondary N) is 1. The maximum absolute atomic E-state index is 13.4. The monoisotopic (exact) mass is 341 g/mol. The van der Waals surface area contributed by atoms with Crippen LogP contribution in [0.5, 0.6) is 0 Å². The highest BCUT2D eigenvalue weighted by atomic mass is 79.9. The van der Waals surface area contributed by atoms with Crippen molar-refractivity contribution in [3.63, 3.8) is 0 Å². The van der Waals surface area contributed by atoms with Crippen LogP contribution >= 0.6 is 15.9 Å². The molecule has 0 atom stereocenters. The van der Waals surface area contributed by atoms with Crippen molar-refractivity contribution in [3.8, 4) is 0 Å². The summed E-state index contributed by atoms with van der Waals surface area (Å²) in [6.45, 7) is 1.80. The first-order valence-electron chi connectivity index (χ1n) is 7.32. The van der Waals surface area contributed by atoms with Crippen LogP contribution in [0.25, 0.3) is 0 Å². The summed E-state index contributed by atoms with van der Waals surface area (Å²) in [7, 11) is 0. The highest BCUT2D eigenvalue weighted by Gasteiger charge is 2.17. The van der Waals surface area contributed by atoms with Gasteiger partial charge < -0.3 is 5.32 Å². The van der Waals surface area contributed by atoms with Crippen LogP contribution in [0.15, 0.2) is 16.6 Å². The molecule has 1 saturated carbocycles. The van der Waals surface area contributed by atoms with E-state index in [0.717, 1.165) is 18.4 Å². The number of carbonyl (C=O) groups is 1. The van der Waals surface area contributed by atoms with Crippen LogP contribution < -0.4 is 5.32 Å². The molecule has 20 heavy (non-hydrogen) atoms. The van der Waals surface area contributed by atoms with E-state index < -0.39 is 0 Å². The minimum Gasteiger partial charge on any atom is -0.326 e. The fraction of sp³-hybridized carbons (Fsp3) is 0.562. The molecule has 2 rings (SSSR count). The van der Waals surface area contributed by atoms with Crippen LogP contribution in [0.3, 0.4) is 0 Å². The summed E-state index contributed by atoms with van der Waals surface area (Å²) in [5, 5.41) is 2.91. The van der Waals surface area contributed by atoms with E-state index in [1.165, 1.54) is 31.7 Å². The quantitative estimate of drug-likeness (QED) is 0.752. The molecular formula is C16H21BrFNO. The van der Waals surface area contributed by atoms with Crippen LogP contribution in [0, 0.1) is 18.7 Å². The maximum Gasteiger partial charge on any atom is 0.224 e. The predicted octanol–water partition coefficient (Wildman–Crippen LogP) is 5.20. The van der Waals surface area contributed by atoms with Crippen molar-refractivity contribution in [2.45, 2.75) is 51.9 Å². The van der Waals surface area contributed by atoms with Crippen LogP contribution in [-0.2, 0) is 4.79 Å². The van der Waals surface area contributed by atoms with Gasteiger partial charge in [0.1, 0.15) is 5.82 Å². The number of benzene rings is 1. The molecule has 0 aromatic heterocycles. The Balaban J connectivity index is 1.95. The molecule has 1 aromatic rings. The molecule has 1 aliphatic rings. The zero-order valence-corrected chi connectivity index (χ0v) is 13.4. The molecule has 110 valence electrons. The topological polar surface area (TPSA) is 29.1 Å². The Morgan fingerprint density at radius 2 is 1.95 bits per heavy atom. The van der Waals surface area contributed by atoms with E-state index in [1.54, 1.807) is 13.0 Å². The van der Waals surface area contributed by atoms with Crippen molar-refractivity contribution in [2.75, 3.05) is 5.32 Å². The molecule has 0 heterocycles. The van der Waals surface area contributed by atoms with Gasteiger partial charge in [-0.15, -0.1) is 0 Å². The molecule has 0 saturated heterocycles. The Labute approximate surface area is 128 Å². The third-order valence-electron chi connectivity index (χ3n) is 3.99. The summed E-state index contributed by atoms with van der Waals surface area (Å²) >= 11 is 3.15. The van der Waals surface area contributed by atoms with E-state index in [9.17, 15) is 9.18 Å². The second-order valence-corrected chi connectivity index (χ2v) is 6.55. The molecular weight excluding hydrogens is 321 g/mol. The summed E-state index contributed by atoms with van der Waals surface area (Å²) in [4.78, 5) is 12.1. The van der Waals surface area contributed by atoms with E-state index in [2.05, 4.69) is 21.2 Å². The average Bonchev–Trinajstić information content (AvgIpc) is 2.64. The largest absolute Gasteiger partial charge is 0.326 e. The first-order valence-corrected chi connectivity index (χ1v) is 8.11. The van der Waals surface area contributed by atoms with E-state index in [-0.39, 0.29) is 11.7 Å². The highest BCUT2D eigenvalue weighted by Crippen LogP contribution is 2.27. The number of amides is 1. The molecule has 1 amide bonds. The number of hydrogen-bond acceptors (Lipinski definition) is 1. The number of anilines is 1. The smallest absolute Gasteiger partial charge is 0.224 e. The minimum absolute atomic E-state index is 0.0403. The summed E-state index contributed by atoms with van der Waals surface area (Å²) in [5.74, 6) is 0.240. The number of hydrogen-bond donors (Lipinski definition) is 1. The van der Waals surface area contributed by atoms with Crippen molar-refractivity contribution < 1.29 is 9.18 Å². The summed E-state index contributed by atoms with van der Waals surface area (Å²) < 4.78 is 13.7. The summed E-state index contributed by atoms with van der Waals surface area (Å²) in [6, 6.07) is 3.07. The minimum atomic E-state index is -0.302. The van der Waals surface area contributed by atoms with Crippen LogP contribution in [0.2, 0.25) is 0 Å². The Bertz CT molecular complexity index is 482. The average molecular weight is 342 g/mol. The Hall–Kier alpha value is -0.900. The molecule has 0 radical (unpaired) electrons. The number of rotatable bonds is 3. The van der Waals surface area contributed by atoms with Gasteiger partial charge in [0.15, 0.2) is 0 Å². The maximum atomic E-state index is 13.4. The van der Waals surface area contributed by atoms with E-state index in [4.69, 9.17) is 0 Å². The van der Waals surface area contributed by atoms with E-state index in [0.29, 0.717) is 22.5 Å². The van der Waals surface area contributed by atoms with Gasteiger partial charge in [0, 0.05) is 12.1 Å². The third kappa shape index (κ3) is 4.30. The molecule has 1 N–H and O–H groups in total. The zero-order valence-electron chi connectivity index (χ0n) is 11.8. The molecule has 1 fully saturated rings.